The zero-order valence-corrected chi connectivity index (χ0v) is 16.1. The molecular weight excluding hydrogens is 368 g/mol. The summed E-state index contributed by atoms with van der Waals surface area (Å²) in [6.07, 6.45) is 0. The molecule has 0 aliphatic heterocycles. The zero-order chi connectivity index (χ0) is 20.6. The monoisotopic (exact) mass is 390 g/mol. The first-order chi connectivity index (χ1) is 14.1. The maximum atomic E-state index is 12.4. The smallest absolute Gasteiger partial charge is 0.255 e. The molecular formula is C23H22N2O4. The molecule has 3 N–H and O–H groups in total. The molecule has 0 radical (unpaired) electrons. The van der Waals surface area contributed by atoms with Crippen molar-refractivity contribution in [3.05, 3.63) is 83.9 Å². The molecule has 3 rings (SSSR count). The van der Waals surface area contributed by atoms with E-state index in [1.165, 1.54) is 7.11 Å². The van der Waals surface area contributed by atoms with E-state index < -0.39 is 5.91 Å². The van der Waals surface area contributed by atoms with Crippen LogP contribution >= 0.6 is 0 Å². The molecule has 2 amide bonds. The Morgan fingerprint density at radius 3 is 2.24 bits per heavy atom. The molecule has 0 aromatic heterocycles. The van der Waals surface area contributed by atoms with Gasteiger partial charge in [-0.1, -0.05) is 48.5 Å². The first-order valence-corrected chi connectivity index (χ1v) is 9.08. The standard InChI is InChI=1S/C23H22N2O4/c1-28-21-13-16(7-12-20(21)29-15-22(24)26)14-25-23(27)19-10-8-18(9-11-19)17-5-3-2-4-6-17/h2-13H,14-15H2,1H3,(H2,24,26)(H,25,27). The quantitative estimate of drug-likeness (QED) is 0.618. The van der Waals surface area contributed by atoms with Crippen LogP contribution in [-0.4, -0.2) is 25.5 Å². The Bertz CT molecular complexity index is 986. The van der Waals surface area contributed by atoms with Gasteiger partial charge in [0.25, 0.3) is 11.8 Å². The van der Waals surface area contributed by atoms with Crippen molar-refractivity contribution < 1.29 is 19.1 Å². The maximum absolute atomic E-state index is 12.4. The Kier molecular flexibility index (Phi) is 6.47. The number of carbonyl (C=O) groups is 2. The fraction of sp³-hybridized carbons (Fsp3) is 0.130. The van der Waals surface area contributed by atoms with Gasteiger partial charge >= 0.3 is 0 Å². The molecule has 6 heteroatoms. The van der Waals surface area contributed by atoms with Crippen LogP contribution in [0.5, 0.6) is 11.5 Å². The van der Waals surface area contributed by atoms with E-state index in [9.17, 15) is 9.59 Å². The van der Waals surface area contributed by atoms with Gasteiger partial charge in [-0.05, 0) is 41.0 Å². The third-order valence-electron chi connectivity index (χ3n) is 4.31. The van der Waals surface area contributed by atoms with Crippen LogP contribution in [0.1, 0.15) is 15.9 Å². The van der Waals surface area contributed by atoms with E-state index in [-0.39, 0.29) is 12.5 Å². The Hall–Kier alpha value is -3.80. The minimum absolute atomic E-state index is 0.169. The summed E-state index contributed by atoms with van der Waals surface area (Å²) >= 11 is 0. The van der Waals surface area contributed by atoms with Gasteiger partial charge in [-0.2, -0.15) is 0 Å². The summed E-state index contributed by atoms with van der Waals surface area (Å²) in [6.45, 7) is 0.0944. The lowest BCUT2D eigenvalue weighted by molar-refractivity contribution is -0.119. The summed E-state index contributed by atoms with van der Waals surface area (Å²) in [5, 5.41) is 2.89. The fourth-order valence-electron chi connectivity index (χ4n) is 2.82. The van der Waals surface area contributed by atoms with Crippen LogP contribution in [0.4, 0.5) is 0 Å². The molecule has 29 heavy (non-hydrogen) atoms. The number of amides is 2. The molecule has 0 aliphatic carbocycles. The minimum atomic E-state index is -0.568. The number of nitrogens with one attached hydrogen (secondary N) is 1. The first-order valence-electron chi connectivity index (χ1n) is 9.08. The second-order valence-electron chi connectivity index (χ2n) is 6.37. The minimum Gasteiger partial charge on any atom is -0.493 e. The number of carbonyl (C=O) groups excluding carboxylic acids is 2. The Morgan fingerprint density at radius 1 is 0.897 bits per heavy atom. The summed E-state index contributed by atoms with van der Waals surface area (Å²) < 4.78 is 10.6. The number of ether oxygens (including phenoxy) is 2. The lowest BCUT2D eigenvalue weighted by Gasteiger charge is -2.12. The van der Waals surface area contributed by atoms with Gasteiger partial charge < -0.3 is 20.5 Å². The molecule has 6 nitrogen and oxygen atoms in total. The molecule has 0 unspecified atom stereocenters. The van der Waals surface area contributed by atoms with Crippen LogP contribution in [-0.2, 0) is 11.3 Å². The highest BCUT2D eigenvalue weighted by atomic mass is 16.5. The molecule has 148 valence electrons. The lowest BCUT2D eigenvalue weighted by Crippen LogP contribution is -2.23. The van der Waals surface area contributed by atoms with Crippen molar-refractivity contribution in [3.63, 3.8) is 0 Å². The van der Waals surface area contributed by atoms with Crippen LogP contribution in [0.15, 0.2) is 72.8 Å². The third kappa shape index (κ3) is 5.35. The molecule has 0 atom stereocenters. The number of hydrogen-bond donors (Lipinski definition) is 2. The number of methoxy groups -OCH3 is 1. The summed E-state index contributed by atoms with van der Waals surface area (Å²) in [5.41, 5.74) is 8.66. The van der Waals surface area contributed by atoms with Crippen molar-refractivity contribution in [2.75, 3.05) is 13.7 Å². The largest absolute Gasteiger partial charge is 0.493 e. The van der Waals surface area contributed by atoms with E-state index in [1.54, 1.807) is 30.3 Å². The fourth-order valence-corrected chi connectivity index (χ4v) is 2.82. The van der Waals surface area contributed by atoms with Gasteiger partial charge in [0, 0.05) is 12.1 Å². The lowest BCUT2D eigenvalue weighted by atomic mass is 10.0. The molecule has 0 saturated heterocycles. The molecule has 3 aromatic carbocycles. The first kappa shape index (κ1) is 19.9. The maximum Gasteiger partial charge on any atom is 0.255 e. The van der Waals surface area contributed by atoms with Crippen LogP contribution in [0.2, 0.25) is 0 Å². The Morgan fingerprint density at radius 2 is 1.59 bits per heavy atom. The van der Waals surface area contributed by atoms with Gasteiger partial charge in [0.1, 0.15) is 0 Å². The number of rotatable bonds is 8. The highest BCUT2D eigenvalue weighted by molar-refractivity contribution is 5.94. The van der Waals surface area contributed by atoms with Crippen LogP contribution < -0.4 is 20.5 Å². The van der Waals surface area contributed by atoms with Gasteiger partial charge in [0.05, 0.1) is 7.11 Å². The number of primary amides is 1. The van der Waals surface area contributed by atoms with E-state index in [4.69, 9.17) is 15.2 Å². The van der Waals surface area contributed by atoms with Crippen LogP contribution in [0.25, 0.3) is 11.1 Å². The van der Waals surface area contributed by atoms with Gasteiger partial charge in [-0.25, -0.2) is 0 Å². The average molecular weight is 390 g/mol. The van der Waals surface area contributed by atoms with Crippen molar-refractivity contribution in [2.24, 2.45) is 5.73 Å². The summed E-state index contributed by atoms with van der Waals surface area (Å²) in [5.74, 6) is 0.141. The van der Waals surface area contributed by atoms with Crippen LogP contribution in [0.3, 0.4) is 0 Å². The van der Waals surface area contributed by atoms with Gasteiger partial charge in [0.2, 0.25) is 0 Å². The zero-order valence-electron chi connectivity index (χ0n) is 16.1. The third-order valence-corrected chi connectivity index (χ3v) is 4.31. The normalized spacial score (nSPS) is 10.2. The molecule has 0 saturated carbocycles. The van der Waals surface area contributed by atoms with E-state index >= 15 is 0 Å². The highest BCUT2D eigenvalue weighted by Crippen LogP contribution is 2.28. The summed E-state index contributed by atoms with van der Waals surface area (Å²) in [4.78, 5) is 23.3. The summed E-state index contributed by atoms with van der Waals surface area (Å²) in [7, 11) is 1.50. The van der Waals surface area contributed by atoms with E-state index in [0.29, 0.717) is 23.6 Å². The highest BCUT2D eigenvalue weighted by Gasteiger charge is 2.10. The van der Waals surface area contributed by atoms with Crippen molar-refractivity contribution in [1.29, 1.82) is 0 Å². The Balaban J connectivity index is 1.62. The molecule has 0 aliphatic rings. The molecule has 3 aromatic rings. The SMILES string of the molecule is COc1cc(CNC(=O)c2ccc(-c3ccccc3)cc2)ccc1OCC(N)=O. The van der Waals surface area contributed by atoms with Crippen molar-refractivity contribution in [2.45, 2.75) is 6.54 Å². The topological polar surface area (TPSA) is 90.7 Å². The molecule has 0 spiro atoms. The van der Waals surface area contributed by atoms with Crippen molar-refractivity contribution in [1.82, 2.24) is 5.32 Å². The Labute approximate surface area is 169 Å². The predicted octanol–water partition coefficient (Wildman–Crippen LogP) is 3.16. The van der Waals surface area contributed by atoms with Gasteiger partial charge in [-0.15, -0.1) is 0 Å². The van der Waals surface area contributed by atoms with Crippen molar-refractivity contribution in [3.8, 4) is 22.6 Å². The van der Waals surface area contributed by atoms with E-state index in [0.717, 1.165) is 16.7 Å². The van der Waals surface area contributed by atoms with Crippen LogP contribution in [0, 0.1) is 0 Å². The van der Waals surface area contributed by atoms with Gasteiger partial charge in [-0.3, -0.25) is 9.59 Å². The predicted molar refractivity (Wildman–Crippen MR) is 111 cm³/mol. The molecule has 0 heterocycles. The van der Waals surface area contributed by atoms with Crippen molar-refractivity contribution >= 4 is 11.8 Å². The number of hydrogen-bond acceptors (Lipinski definition) is 4. The van der Waals surface area contributed by atoms with E-state index in [2.05, 4.69) is 5.32 Å². The van der Waals surface area contributed by atoms with E-state index in [1.807, 2.05) is 42.5 Å². The number of nitrogens with two attached hydrogens (primary N) is 1. The van der Waals surface area contributed by atoms with Gasteiger partial charge in [0.15, 0.2) is 18.1 Å². The summed E-state index contributed by atoms with van der Waals surface area (Å²) in [6, 6.07) is 22.7. The second-order valence-corrected chi connectivity index (χ2v) is 6.37. The average Bonchev–Trinajstić information content (AvgIpc) is 2.77. The molecule has 0 fully saturated rings. The second kappa shape index (κ2) is 9.41. The number of benzene rings is 3. The molecule has 0 bridgehead atoms.